The van der Waals surface area contributed by atoms with E-state index in [1.54, 1.807) is 7.11 Å². The van der Waals surface area contributed by atoms with Crippen LogP contribution in [0.1, 0.15) is 38.3 Å². The Hall–Kier alpha value is -1.28. The fraction of sp³-hybridized carbons (Fsp3) is 0.467. The van der Waals surface area contributed by atoms with Gasteiger partial charge in [-0.3, -0.25) is 0 Å². The maximum Gasteiger partial charge on any atom is 0.119 e. The average molecular weight is 233 g/mol. The number of rotatable bonds is 7. The Labute approximate surface area is 105 Å². The highest BCUT2D eigenvalue weighted by Crippen LogP contribution is 2.19. The first-order valence-corrected chi connectivity index (χ1v) is 6.18. The van der Waals surface area contributed by atoms with Gasteiger partial charge in [0.2, 0.25) is 0 Å². The van der Waals surface area contributed by atoms with Crippen molar-refractivity contribution in [2.45, 2.75) is 38.8 Å². The third-order valence-corrected chi connectivity index (χ3v) is 2.93. The molecule has 0 saturated heterocycles. The summed E-state index contributed by atoms with van der Waals surface area (Å²) in [7, 11) is 1.70. The molecule has 2 atom stereocenters. The monoisotopic (exact) mass is 233 g/mol. The molecule has 0 fully saturated rings. The predicted molar refractivity (Wildman–Crippen MR) is 73.4 cm³/mol. The molecule has 1 rings (SSSR count). The smallest absolute Gasteiger partial charge is 0.119 e. The fourth-order valence-corrected chi connectivity index (χ4v) is 1.89. The first kappa shape index (κ1) is 13.8. The lowest BCUT2D eigenvalue weighted by atomic mass is 10.1. The van der Waals surface area contributed by atoms with E-state index in [1.807, 2.05) is 18.2 Å². The number of hydrogen-bond donors (Lipinski definition) is 1. The van der Waals surface area contributed by atoms with Gasteiger partial charge in [-0.25, -0.2) is 0 Å². The van der Waals surface area contributed by atoms with E-state index in [1.165, 1.54) is 5.56 Å². The first-order valence-electron chi connectivity index (χ1n) is 6.18. The zero-order chi connectivity index (χ0) is 12.7. The quantitative estimate of drug-likeness (QED) is 0.725. The molecular formula is C15H23NO. The fourth-order valence-electron chi connectivity index (χ4n) is 1.89. The van der Waals surface area contributed by atoms with Crippen molar-refractivity contribution in [2.75, 3.05) is 7.11 Å². The zero-order valence-corrected chi connectivity index (χ0v) is 11.1. The van der Waals surface area contributed by atoms with E-state index in [-0.39, 0.29) is 0 Å². The Kier molecular flexibility index (Phi) is 5.78. The first-order chi connectivity index (χ1) is 8.17. The molecule has 0 saturated carbocycles. The Morgan fingerprint density at radius 1 is 1.41 bits per heavy atom. The summed E-state index contributed by atoms with van der Waals surface area (Å²) < 4.78 is 5.23. The van der Waals surface area contributed by atoms with Crippen LogP contribution in [0.15, 0.2) is 36.9 Å². The molecule has 1 aromatic rings. The summed E-state index contributed by atoms with van der Waals surface area (Å²) in [5.41, 5.74) is 1.26. The number of ether oxygens (including phenoxy) is 1. The van der Waals surface area contributed by atoms with Crippen LogP contribution in [0, 0.1) is 0 Å². The summed E-state index contributed by atoms with van der Waals surface area (Å²) in [5.74, 6) is 0.912. The normalized spacial score (nSPS) is 14.1. The maximum atomic E-state index is 5.23. The summed E-state index contributed by atoms with van der Waals surface area (Å²) in [5, 5.41) is 3.58. The van der Waals surface area contributed by atoms with Gasteiger partial charge in [0.1, 0.15) is 5.75 Å². The third-order valence-electron chi connectivity index (χ3n) is 2.93. The molecule has 0 spiro atoms. The van der Waals surface area contributed by atoms with Gasteiger partial charge in [-0.2, -0.15) is 0 Å². The molecular weight excluding hydrogens is 210 g/mol. The molecule has 1 N–H and O–H groups in total. The van der Waals surface area contributed by atoms with Gasteiger partial charge in [0.05, 0.1) is 7.11 Å². The molecule has 0 aliphatic rings. The number of methoxy groups -OCH3 is 1. The van der Waals surface area contributed by atoms with Crippen LogP contribution in [0.2, 0.25) is 0 Å². The standard InChI is InChI=1S/C15H23NO/c1-5-6-8-12(2)16-13(3)14-9-7-10-15(11-14)17-4/h5,7,9-13,16H,1,6,8H2,2-4H3/t12?,13-/m0/s1. The molecule has 0 aromatic heterocycles. The van der Waals surface area contributed by atoms with Crippen LogP contribution in [0.25, 0.3) is 0 Å². The summed E-state index contributed by atoms with van der Waals surface area (Å²) in [4.78, 5) is 0. The van der Waals surface area contributed by atoms with Crippen LogP contribution in [0.4, 0.5) is 0 Å². The molecule has 0 aliphatic carbocycles. The third kappa shape index (κ3) is 4.61. The van der Waals surface area contributed by atoms with Crippen molar-refractivity contribution in [2.24, 2.45) is 0 Å². The number of benzene rings is 1. The topological polar surface area (TPSA) is 21.3 Å². The van der Waals surface area contributed by atoms with Crippen LogP contribution in [-0.2, 0) is 0 Å². The van der Waals surface area contributed by atoms with E-state index in [0.717, 1.165) is 18.6 Å². The molecule has 0 aliphatic heterocycles. The van der Waals surface area contributed by atoms with Gasteiger partial charge in [-0.15, -0.1) is 6.58 Å². The van der Waals surface area contributed by atoms with Crippen molar-refractivity contribution in [1.29, 1.82) is 0 Å². The minimum Gasteiger partial charge on any atom is -0.497 e. The van der Waals surface area contributed by atoms with E-state index >= 15 is 0 Å². The zero-order valence-electron chi connectivity index (χ0n) is 11.1. The van der Waals surface area contributed by atoms with E-state index in [9.17, 15) is 0 Å². The van der Waals surface area contributed by atoms with Crippen molar-refractivity contribution in [1.82, 2.24) is 5.32 Å². The van der Waals surface area contributed by atoms with Gasteiger partial charge in [-0.05, 0) is 44.4 Å². The minimum absolute atomic E-state index is 0.338. The van der Waals surface area contributed by atoms with E-state index in [2.05, 4.69) is 37.9 Å². The van der Waals surface area contributed by atoms with Gasteiger partial charge < -0.3 is 10.1 Å². The largest absolute Gasteiger partial charge is 0.497 e. The second-order valence-electron chi connectivity index (χ2n) is 4.43. The molecule has 0 bridgehead atoms. The van der Waals surface area contributed by atoms with Crippen molar-refractivity contribution in [3.8, 4) is 5.75 Å². The van der Waals surface area contributed by atoms with Crippen LogP contribution in [0.5, 0.6) is 5.75 Å². The van der Waals surface area contributed by atoms with Gasteiger partial charge in [0.25, 0.3) is 0 Å². The molecule has 0 heterocycles. The van der Waals surface area contributed by atoms with E-state index in [0.29, 0.717) is 12.1 Å². The van der Waals surface area contributed by atoms with Gasteiger partial charge >= 0.3 is 0 Å². The average Bonchev–Trinajstić information content (AvgIpc) is 2.36. The Bertz CT molecular complexity index is 349. The van der Waals surface area contributed by atoms with E-state index in [4.69, 9.17) is 4.74 Å². The summed E-state index contributed by atoms with van der Waals surface area (Å²) >= 11 is 0. The number of hydrogen-bond acceptors (Lipinski definition) is 2. The van der Waals surface area contributed by atoms with Crippen LogP contribution in [-0.4, -0.2) is 13.2 Å². The Morgan fingerprint density at radius 3 is 2.82 bits per heavy atom. The van der Waals surface area contributed by atoms with Gasteiger partial charge in [0, 0.05) is 12.1 Å². The highest BCUT2D eigenvalue weighted by molar-refractivity contribution is 5.30. The van der Waals surface area contributed by atoms with Gasteiger partial charge in [0.15, 0.2) is 0 Å². The SMILES string of the molecule is C=CCCC(C)N[C@@H](C)c1cccc(OC)c1. The highest BCUT2D eigenvalue weighted by atomic mass is 16.5. The van der Waals surface area contributed by atoms with Crippen LogP contribution < -0.4 is 10.1 Å². The van der Waals surface area contributed by atoms with Crippen LogP contribution in [0.3, 0.4) is 0 Å². The van der Waals surface area contributed by atoms with Crippen molar-refractivity contribution in [3.05, 3.63) is 42.5 Å². The second-order valence-corrected chi connectivity index (χ2v) is 4.43. The molecule has 2 heteroatoms. The summed E-state index contributed by atoms with van der Waals surface area (Å²) in [6.07, 6.45) is 4.14. The van der Waals surface area contributed by atoms with Crippen LogP contribution >= 0.6 is 0 Å². The molecule has 94 valence electrons. The molecule has 17 heavy (non-hydrogen) atoms. The molecule has 0 radical (unpaired) electrons. The maximum absolute atomic E-state index is 5.23. The lowest BCUT2D eigenvalue weighted by Gasteiger charge is -2.20. The molecule has 0 amide bonds. The van der Waals surface area contributed by atoms with Crippen molar-refractivity contribution >= 4 is 0 Å². The Morgan fingerprint density at radius 2 is 2.18 bits per heavy atom. The Balaban J connectivity index is 2.56. The molecule has 2 nitrogen and oxygen atoms in total. The van der Waals surface area contributed by atoms with Crippen molar-refractivity contribution < 1.29 is 4.74 Å². The molecule has 1 unspecified atom stereocenters. The number of allylic oxidation sites excluding steroid dienone is 1. The summed E-state index contributed by atoms with van der Waals surface area (Å²) in [6, 6.07) is 9.04. The van der Waals surface area contributed by atoms with Crippen molar-refractivity contribution in [3.63, 3.8) is 0 Å². The number of nitrogens with one attached hydrogen (secondary N) is 1. The van der Waals surface area contributed by atoms with Gasteiger partial charge in [-0.1, -0.05) is 18.2 Å². The minimum atomic E-state index is 0.338. The highest BCUT2D eigenvalue weighted by Gasteiger charge is 2.09. The predicted octanol–water partition coefficient (Wildman–Crippen LogP) is 3.70. The summed E-state index contributed by atoms with van der Waals surface area (Å²) in [6.45, 7) is 8.14. The second kappa shape index (κ2) is 7.13. The van der Waals surface area contributed by atoms with E-state index < -0.39 is 0 Å². The lowest BCUT2D eigenvalue weighted by molar-refractivity contribution is 0.411. The molecule has 1 aromatic carbocycles. The lowest BCUT2D eigenvalue weighted by Crippen LogP contribution is -2.28.